The molecule has 0 aliphatic heterocycles. The van der Waals surface area contributed by atoms with Crippen LogP contribution in [0.15, 0.2) is 18.2 Å². The van der Waals surface area contributed by atoms with E-state index in [-0.39, 0.29) is 11.3 Å². The molecule has 0 bridgehead atoms. The molecule has 0 aliphatic carbocycles. The number of methoxy groups -OCH3 is 1. The van der Waals surface area contributed by atoms with Crippen LogP contribution in [-0.4, -0.2) is 45.2 Å². The van der Waals surface area contributed by atoms with Gasteiger partial charge in [0.2, 0.25) is 0 Å². The number of benzene rings is 1. The lowest BCUT2D eigenvalue weighted by atomic mass is 10.1. The average molecular weight is 304 g/mol. The molecule has 0 heterocycles. The van der Waals surface area contributed by atoms with Crippen LogP contribution >= 0.6 is 0 Å². The summed E-state index contributed by atoms with van der Waals surface area (Å²) >= 11 is 0. The summed E-state index contributed by atoms with van der Waals surface area (Å²) in [5.41, 5.74) is -1.04. The van der Waals surface area contributed by atoms with Crippen molar-refractivity contribution in [1.29, 1.82) is 0 Å². The number of amides is 1. The Morgan fingerprint density at radius 2 is 2.05 bits per heavy atom. The van der Waals surface area contributed by atoms with Crippen molar-refractivity contribution in [1.82, 2.24) is 4.90 Å². The number of para-hydroxylation sites is 1. The predicted molar refractivity (Wildman–Crippen MR) is 74.4 cm³/mol. The maximum Gasteiger partial charge on any atom is 0.418 e. The first-order chi connectivity index (χ1) is 9.82. The molecule has 0 saturated carbocycles. The van der Waals surface area contributed by atoms with E-state index in [1.807, 2.05) is 0 Å². The lowest BCUT2D eigenvalue weighted by molar-refractivity contribution is -0.136. The number of nitrogens with one attached hydrogen (secondary N) is 1. The third-order valence-corrected chi connectivity index (χ3v) is 3.04. The first-order valence-corrected chi connectivity index (χ1v) is 6.45. The molecular formula is C14H19F3N2O2. The maximum absolute atomic E-state index is 12.9. The normalized spacial score (nSPS) is 11.3. The number of hydrogen-bond acceptors (Lipinski definition) is 3. The van der Waals surface area contributed by atoms with E-state index >= 15 is 0 Å². The second-order valence-electron chi connectivity index (χ2n) is 4.55. The standard InChI is InChI=1S/C14H19F3N2O2/c1-18-12-10(6-4-7-11(12)14(15,16)17)13(20)19(2)8-5-9-21-3/h4,6-7,18H,5,8-9H2,1-3H3. The summed E-state index contributed by atoms with van der Waals surface area (Å²) in [5, 5.41) is 2.48. The zero-order valence-corrected chi connectivity index (χ0v) is 12.3. The van der Waals surface area contributed by atoms with Crippen LogP contribution in [0, 0.1) is 0 Å². The minimum absolute atomic E-state index is 0.00671. The van der Waals surface area contributed by atoms with E-state index in [2.05, 4.69) is 5.32 Å². The summed E-state index contributed by atoms with van der Waals surface area (Å²) in [7, 11) is 4.47. The number of ether oxygens (including phenoxy) is 1. The third-order valence-electron chi connectivity index (χ3n) is 3.04. The number of rotatable bonds is 6. The fourth-order valence-electron chi connectivity index (χ4n) is 1.99. The van der Waals surface area contributed by atoms with E-state index < -0.39 is 17.6 Å². The fourth-order valence-corrected chi connectivity index (χ4v) is 1.99. The number of carbonyl (C=O) groups excluding carboxylic acids is 1. The van der Waals surface area contributed by atoms with E-state index in [9.17, 15) is 18.0 Å². The van der Waals surface area contributed by atoms with Gasteiger partial charge >= 0.3 is 6.18 Å². The van der Waals surface area contributed by atoms with Crippen molar-refractivity contribution in [3.05, 3.63) is 29.3 Å². The van der Waals surface area contributed by atoms with Crippen LogP contribution < -0.4 is 5.32 Å². The Labute approximate surface area is 121 Å². The largest absolute Gasteiger partial charge is 0.418 e. The SMILES string of the molecule is CNc1c(C(=O)N(C)CCCOC)cccc1C(F)(F)F. The maximum atomic E-state index is 12.9. The zero-order valence-electron chi connectivity index (χ0n) is 12.3. The average Bonchev–Trinajstić information content (AvgIpc) is 2.44. The Morgan fingerprint density at radius 3 is 2.57 bits per heavy atom. The topological polar surface area (TPSA) is 41.6 Å². The molecule has 1 amide bonds. The molecule has 0 atom stereocenters. The van der Waals surface area contributed by atoms with Crippen molar-refractivity contribution in [2.24, 2.45) is 0 Å². The van der Waals surface area contributed by atoms with Crippen LogP contribution in [0.3, 0.4) is 0 Å². The molecule has 118 valence electrons. The van der Waals surface area contributed by atoms with Crippen molar-refractivity contribution >= 4 is 11.6 Å². The van der Waals surface area contributed by atoms with Gasteiger partial charge in [0.1, 0.15) is 0 Å². The van der Waals surface area contributed by atoms with Crippen molar-refractivity contribution in [2.75, 3.05) is 39.7 Å². The molecule has 1 aromatic carbocycles. The second-order valence-corrected chi connectivity index (χ2v) is 4.55. The van der Waals surface area contributed by atoms with Gasteiger partial charge in [-0.05, 0) is 18.6 Å². The third kappa shape index (κ3) is 4.35. The smallest absolute Gasteiger partial charge is 0.387 e. The Morgan fingerprint density at radius 1 is 1.38 bits per heavy atom. The quantitative estimate of drug-likeness (QED) is 0.822. The highest BCUT2D eigenvalue weighted by atomic mass is 19.4. The van der Waals surface area contributed by atoms with Gasteiger partial charge in [0, 0.05) is 34.4 Å². The van der Waals surface area contributed by atoms with Crippen molar-refractivity contribution < 1.29 is 22.7 Å². The van der Waals surface area contributed by atoms with Gasteiger partial charge in [0.05, 0.1) is 16.8 Å². The van der Waals surface area contributed by atoms with E-state index in [1.165, 1.54) is 24.1 Å². The van der Waals surface area contributed by atoms with E-state index in [4.69, 9.17) is 4.74 Å². The number of halogens is 3. The molecule has 4 nitrogen and oxygen atoms in total. The number of anilines is 1. The van der Waals surface area contributed by atoms with Gasteiger partial charge in [0.25, 0.3) is 5.91 Å². The highest BCUT2D eigenvalue weighted by Crippen LogP contribution is 2.36. The van der Waals surface area contributed by atoms with Crippen LogP contribution in [0.5, 0.6) is 0 Å². The Balaban J connectivity index is 3.04. The highest BCUT2D eigenvalue weighted by molar-refractivity contribution is 6.00. The Bertz CT molecular complexity index is 490. The van der Waals surface area contributed by atoms with E-state index in [0.29, 0.717) is 19.6 Å². The molecule has 0 unspecified atom stereocenters. The molecule has 0 fully saturated rings. The van der Waals surface area contributed by atoms with Gasteiger partial charge < -0.3 is 15.0 Å². The molecule has 0 aromatic heterocycles. The monoisotopic (exact) mass is 304 g/mol. The Kier molecular flexibility index (Phi) is 6.02. The van der Waals surface area contributed by atoms with Gasteiger partial charge in [-0.15, -0.1) is 0 Å². The first kappa shape index (κ1) is 17.3. The number of carbonyl (C=O) groups is 1. The molecule has 21 heavy (non-hydrogen) atoms. The summed E-state index contributed by atoms with van der Waals surface area (Å²) in [6.45, 7) is 0.894. The van der Waals surface area contributed by atoms with Crippen LogP contribution in [0.25, 0.3) is 0 Å². The van der Waals surface area contributed by atoms with Gasteiger partial charge in [-0.3, -0.25) is 4.79 Å². The van der Waals surface area contributed by atoms with Gasteiger partial charge in [-0.1, -0.05) is 6.07 Å². The molecule has 0 aliphatic rings. The molecule has 1 rings (SSSR count). The first-order valence-electron chi connectivity index (χ1n) is 6.45. The molecule has 0 radical (unpaired) electrons. The highest BCUT2D eigenvalue weighted by Gasteiger charge is 2.35. The minimum Gasteiger partial charge on any atom is -0.387 e. The summed E-state index contributed by atoms with van der Waals surface area (Å²) in [5.74, 6) is -0.457. The summed E-state index contributed by atoms with van der Waals surface area (Å²) in [4.78, 5) is 13.7. The van der Waals surface area contributed by atoms with E-state index in [1.54, 1.807) is 14.2 Å². The van der Waals surface area contributed by atoms with Crippen LogP contribution in [-0.2, 0) is 10.9 Å². The molecule has 0 spiro atoms. The van der Waals surface area contributed by atoms with Crippen LogP contribution in [0.2, 0.25) is 0 Å². The van der Waals surface area contributed by atoms with Crippen molar-refractivity contribution in [2.45, 2.75) is 12.6 Å². The minimum atomic E-state index is -4.51. The van der Waals surface area contributed by atoms with Gasteiger partial charge in [-0.2, -0.15) is 13.2 Å². The summed E-state index contributed by atoms with van der Waals surface area (Å²) in [6.07, 6.45) is -3.89. The predicted octanol–water partition coefficient (Wildman–Crippen LogP) is 2.86. The lowest BCUT2D eigenvalue weighted by Gasteiger charge is -2.21. The second kappa shape index (κ2) is 7.31. The number of hydrogen-bond donors (Lipinski definition) is 1. The zero-order chi connectivity index (χ0) is 16.0. The van der Waals surface area contributed by atoms with Crippen molar-refractivity contribution in [3.63, 3.8) is 0 Å². The summed E-state index contributed by atoms with van der Waals surface area (Å²) < 4.78 is 43.7. The van der Waals surface area contributed by atoms with Crippen molar-refractivity contribution in [3.8, 4) is 0 Å². The van der Waals surface area contributed by atoms with Crippen LogP contribution in [0.4, 0.5) is 18.9 Å². The molecule has 1 N–H and O–H groups in total. The summed E-state index contributed by atoms with van der Waals surface area (Å²) in [6, 6.07) is 3.57. The lowest BCUT2D eigenvalue weighted by Crippen LogP contribution is -2.29. The molecule has 7 heteroatoms. The number of alkyl halides is 3. The molecular weight excluding hydrogens is 285 g/mol. The van der Waals surface area contributed by atoms with Crippen LogP contribution in [0.1, 0.15) is 22.3 Å². The van der Waals surface area contributed by atoms with Gasteiger partial charge in [0.15, 0.2) is 0 Å². The van der Waals surface area contributed by atoms with E-state index in [0.717, 1.165) is 6.07 Å². The molecule has 1 aromatic rings. The molecule has 0 saturated heterocycles. The fraction of sp³-hybridized carbons (Fsp3) is 0.500. The Hall–Kier alpha value is -1.76. The van der Waals surface area contributed by atoms with Gasteiger partial charge in [-0.25, -0.2) is 0 Å². The number of nitrogens with zero attached hydrogens (tertiary/aromatic N) is 1.